The molecule has 0 aromatic rings. The summed E-state index contributed by atoms with van der Waals surface area (Å²) in [5, 5.41) is 0. The first-order valence-electron chi connectivity index (χ1n) is 3.78. The van der Waals surface area contributed by atoms with E-state index in [9.17, 15) is 0 Å². The Hall–Kier alpha value is -0.310. The lowest BCUT2D eigenvalue weighted by atomic mass is 10.2. The predicted octanol–water partition coefficient (Wildman–Crippen LogP) is 2.44. The lowest BCUT2D eigenvalue weighted by molar-refractivity contribution is 0.781. The molecule has 64 valence electrons. The average molecular weight is 219 g/mol. The molecule has 0 spiro atoms. The Morgan fingerprint density at radius 2 is 2.27 bits per heavy atom. The van der Waals surface area contributed by atoms with E-state index in [4.69, 9.17) is 5.73 Å². The molecule has 0 fully saturated rings. The number of nitrogens with zero attached hydrogens (tertiary/aromatic N) is 1. The summed E-state index contributed by atoms with van der Waals surface area (Å²) in [5.41, 5.74) is 6.62. The summed E-state index contributed by atoms with van der Waals surface area (Å²) >= 11 is 3.34. The molecule has 0 radical (unpaired) electrons. The fourth-order valence-corrected chi connectivity index (χ4v) is 1.09. The molecule has 0 aliphatic heterocycles. The number of halogens is 1. The molecule has 3 heteroatoms. The highest BCUT2D eigenvalue weighted by molar-refractivity contribution is 9.12. The van der Waals surface area contributed by atoms with Crippen LogP contribution < -0.4 is 5.73 Å². The maximum Gasteiger partial charge on any atom is 0.0540 e. The highest BCUT2D eigenvalue weighted by Gasteiger charge is 1.95. The van der Waals surface area contributed by atoms with E-state index in [1.54, 1.807) is 13.3 Å². The average Bonchev–Trinajstić information content (AvgIpc) is 2.00. The van der Waals surface area contributed by atoms with Gasteiger partial charge in [0.2, 0.25) is 0 Å². The molecule has 0 bridgehead atoms. The number of hydrogen-bond donors (Lipinski definition) is 1. The van der Waals surface area contributed by atoms with E-state index < -0.39 is 0 Å². The lowest BCUT2D eigenvalue weighted by Gasteiger charge is -1.99. The van der Waals surface area contributed by atoms with E-state index in [0.29, 0.717) is 0 Å². The van der Waals surface area contributed by atoms with Crippen molar-refractivity contribution in [3.63, 3.8) is 0 Å². The Bertz CT molecular complexity index is 161. The molecule has 0 heterocycles. The number of unbranched alkanes of at least 4 members (excludes halogenated alkanes) is 1. The third-order valence-electron chi connectivity index (χ3n) is 1.35. The number of hydrogen-bond acceptors (Lipinski definition) is 2. The summed E-state index contributed by atoms with van der Waals surface area (Å²) in [6.07, 6.45) is 4.98. The van der Waals surface area contributed by atoms with Gasteiger partial charge in [0.1, 0.15) is 0 Å². The molecule has 0 atom stereocenters. The lowest BCUT2D eigenvalue weighted by Crippen LogP contribution is -2.00. The van der Waals surface area contributed by atoms with Crippen molar-refractivity contribution in [1.82, 2.24) is 0 Å². The Labute approximate surface area is 76.7 Å². The van der Waals surface area contributed by atoms with E-state index in [0.717, 1.165) is 23.0 Å². The van der Waals surface area contributed by atoms with Crippen molar-refractivity contribution in [3.05, 3.63) is 10.2 Å². The maximum atomic E-state index is 5.73. The smallest absolute Gasteiger partial charge is 0.0540 e. The van der Waals surface area contributed by atoms with Crippen LogP contribution in [0.1, 0.15) is 26.2 Å². The first-order valence-corrected chi connectivity index (χ1v) is 4.58. The maximum absolute atomic E-state index is 5.73. The standard InChI is InChI=1S/C8H15BrN2/c1-3-4-5-8(10)7(9)6-11-2/h6H,3-5,10H2,1-2H3. The number of nitrogens with two attached hydrogens (primary N) is 1. The second-order valence-electron chi connectivity index (χ2n) is 2.36. The van der Waals surface area contributed by atoms with Crippen LogP contribution in [0.2, 0.25) is 0 Å². The monoisotopic (exact) mass is 218 g/mol. The van der Waals surface area contributed by atoms with Crippen molar-refractivity contribution in [1.29, 1.82) is 0 Å². The third-order valence-corrected chi connectivity index (χ3v) is 2.06. The molecule has 0 aliphatic rings. The van der Waals surface area contributed by atoms with Gasteiger partial charge in [0.25, 0.3) is 0 Å². The molecule has 0 saturated carbocycles. The summed E-state index contributed by atoms with van der Waals surface area (Å²) in [6.45, 7) is 2.15. The van der Waals surface area contributed by atoms with Crippen molar-refractivity contribution < 1.29 is 0 Å². The molecule has 0 saturated heterocycles. The third kappa shape index (κ3) is 5.01. The zero-order valence-corrected chi connectivity index (χ0v) is 8.69. The first-order chi connectivity index (χ1) is 5.22. The Kier molecular flexibility index (Phi) is 6.22. The van der Waals surface area contributed by atoms with Crippen LogP contribution in [-0.4, -0.2) is 13.3 Å². The molecule has 0 rings (SSSR count). The normalized spacial score (nSPS) is 13.7. The highest BCUT2D eigenvalue weighted by Crippen LogP contribution is 2.10. The van der Waals surface area contributed by atoms with Gasteiger partial charge in [-0.15, -0.1) is 0 Å². The Morgan fingerprint density at radius 1 is 1.64 bits per heavy atom. The molecule has 0 amide bonds. The van der Waals surface area contributed by atoms with Gasteiger partial charge in [-0.1, -0.05) is 13.3 Å². The van der Waals surface area contributed by atoms with Crippen LogP contribution in [0.5, 0.6) is 0 Å². The molecule has 0 aromatic heterocycles. The van der Waals surface area contributed by atoms with Gasteiger partial charge in [-0.3, -0.25) is 4.99 Å². The molecular weight excluding hydrogens is 204 g/mol. The number of rotatable bonds is 4. The number of allylic oxidation sites excluding steroid dienone is 2. The van der Waals surface area contributed by atoms with Crippen LogP contribution >= 0.6 is 15.9 Å². The van der Waals surface area contributed by atoms with E-state index in [2.05, 4.69) is 27.8 Å². The summed E-state index contributed by atoms with van der Waals surface area (Å²) in [4.78, 5) is 3.86. The molecule has 0 unspecified atom stereocenters. The van der Waals surface area contributed by atoms with Crippen molar-refractivity contribution >= 4 is 22.1 Å². The fourth-order valence-electron chi connectivity index (χ4n) is 0.683. The van der Waals surface area contributed by atoms with Crippen LogP contribution in [0, 0.1) is 0 Å². The van der Waals surface area contributed by atoms with Crippen LogP contribution in [0.15, 0.2) is 15.2 Å². The van der Waals surface area contributed by atoms with Gasteiger partial charge in [-0.05, 0) is 28.8 Å². The van der Waals surface area contributed by atoms with Crippen molar-refractivity contribution in [2.75, 3.05) is 7.05 Å². The van der Waals surface area contributed by atoms with Gasteiger partial charge < -0.3 is 5.73 Å². The van der Waals surface area contributed by atoms with Gasteiger partial charge in [0.15, 0.2) is 0 Å². The van der Waals surface area contributed by atoms with Crippen molar-refractivity contribution in [3.8, 4) is 0 Å². The first kappa shape index (κ1) is 10.7. The SMILES string of the molecule is CCCCC(N)=C(Br)C=NC. The predicted molar refractivity (Wildman–Crippen MR) is 54.1 cm³/mol. The van der Waals surface area contributed by atoms with Gasteiger partial charge in [0, 0.05) is 19.0 Å². The van der Waals surface area contributed by atoms with Crippen molar-refractivity contribution in [2.45, 2.75) is 26.2 Å². The minimum absolute atomic E-state index is 0.887. The zero-order chi connectivity index (χ0) is 8.69. The van der Waals surface area contributed by atoms with Crippen LogP contribution in [-0.2, 0) is 0 Å². The van der Waals surface area contributed by atoms with Crippen molar-refractivity contribution in [2.24, 2.45) is 10.7 Å². The molecule has 2 nitrogen and oxygen atoms in total. The zero-order valence-electron chi connectivity index (χ0n) is 7.10. The molecular formula is C8H15BrN2. The summed E-state index contributed by atoms with van der Waals surface area (Å²) in [6, 6.07) is 0. The summed E-state index contributed by atoms with van der Waals surface area (Å²) in [7, 11) is 1.73. The van der Waals surface area contributed by atoms with Crippen LogP contribution in [0.4, 0.5) is 0 Å². The minimum atomic E-state index is 0.887. The Balaban J connectivity index is 3.94. The Morgan fingerprint density at radius 3 is 2.73 bits per heavy atom. The van der Waals surface area contributed by atoms with E-state index >= 15 is 0 Å². The molecule has 0 aliphatic carbocycles. The van der Waals surface area contributed by atoms with E-state index in [1.807, 2.05) is 0 Å². The molecule has 2 N–H and O–H groups in total. The second-order valence-corrected chi connectivity index (χ2v) is 3.22. The fraction of sp³-hybridized carbons (Fsp3) is 0.625. The van der Waals surface area contributed by atoms with Crippen LogP contribution in [0.3, 0.4) is 0 Å². The molecule has 0 aromatic carbocycles. The van der Waals surface area contributed by atoms with E-state index in [-0.39, 0.29) is 0 Å². The highest BCUT2D eigenvalue weighted by atomic mass is 79.9. The second kappa shape index (κ2) is 6.40. The van der Waals surface area contributed by atoms with E-state index in [1.165, 1.54) is 6.42 Å². The van der Waals surface area contributed by atoms with Gasteiger partial charge in [-0.25, -0.2) is 0 Å². The van der Waals surface area contributed by atoms with Gasteiger partial charge in [-0.2, -0.15) is 0 Å². The quantitative estimate of drug-likeness (QED) is 0.724. The van der Waals surface area contributed by atoms with Gasteiger partial charge in [0.05, 0.1) is 4.48 Å². The number of aliphatic imine (C=N–C) groups is 1. The van der Waals surface area contributed by atoms with Gasteiger partial charge >= 0.3 is 0 Å². The topological polar surface area (TPSA) is 38.4 Å². The molecule has 11 heavy (non-hydrogen) atoms. The summed E-state index contributed by atoms with van der Waals surface area (Å²) < 4.78 is 0.911. The van der Waals surface area contributed by atoms with Crippen LogP contribution in [0.25, 0.3) is 0 Å². The summed E-state index contributed by atoms with van der Waals surface area (Å²) in [5.74, 6) is 0. The minimum Gasteiger partial charge on any atom is -0.401 e. The largest absolute Gasteiger partial charge is 0.401 e.